The summed E-state index contributed by atoms with van der Waals surface area (Å²) in [4.78, 5) is 0. The summed E-state index contributed by atoms with van der Waals surface area (Å²) < 4.78 is 4.93. The predicted molar refractivity (Wildman–Crippen MR) is 42.6 cm³/mol. The van der Waals surface area contributed by atoms with Gasteiger partial charge in [-0.05, 0) is 12.1 Å². The van der Waals surface area contributed by atoms with Crippen molar-refractivity contribution in [1.82, 2.24) is 0 Å². The highest BCUT2D eigenvalue weighted by atomic mass is 16.3. The molecular weight excluding hydrogens is 166 g/mol. The highest BCUT2D eigenvalue weighted by Crippen LogP contribution is 2.10. The first-order valence-corrected chi connectivity index (χ1v) is 3.32. The van der Waals surface area contributed by atoms with Gasteiger partial charge in [-0.3, -0.25) is 0 Å². The zero-order chi connectivity index (χ0) is 9.68. The van der Waals surface area contributed by atoms with Gasteiger partial charge in [0.1, 0.15) is 29.5 Å². The van der Waals surface area contributed by atoms with Gasteiger partial charge in [0.15, 0.2) is 0 Å². The second-order valence-corrected chi connectivity index (χ2v) is 2.10. The Morgan fingerprint density at radius 2 is 1.92 bits per heavy atom. The lowest BCUT2D eigenvalue weighted by atomic mass is 10.3. The van der Waals surface area contributed by atoms with Gasteiger partial charge >= 0.3 is 0 Å². The number of allylic oxidation sites excluding steroid dienone is 1. The highest BCUT2D eigenvalue weighted by molar-refractivity contribution is 5.58. The maximum atomic E-state index is 8.40. The molecular formula is C9H3N3O. The van der Waals surface area contributed by atoms with Crippen molar-refractivity contribution in [2.75, 3.05) is 0 Å². The Bertz CT molecular complexity index is 446. The van der Waals surface area contributed by atoms with Crippen LogP contribution in [0.25, 0.3) is 6.08 Å². The van der Waals surface area contributed by atoms with Crippen molar-refractivity contribution in [1.29, 1.82) is 15.8 Å². The minimum atomic E-state index is -0.0566. The lowest BCUT2D eigenvalue weighted by Gasteiger charge is -1.81. The fourth-order valence-corrected chi connectivity index (χ4v) is 0.722. The van der Waals surface area contributed by atoms with Crippen LogP contribution in [-0.2, 0) is 0 Å². The predicted octanol–water partition coefficient (Wildman–Crippen LogP) is 1.58. The average Bonchev–Trinajstić information content (AvgIpc) is 2.61. The fraction of sp³-hybridized carbons (Fsp3) is 0. The van der Waals surface area contributed by atoms with E-state index in [4.69, 9.17) is 20.2 Å². The van der Waals surface area contributed by atoms with E-state index in [1.807, 2.05) is 0 Å². The van der Waals surface area contributed by atoms with Crippen LogP contribution in [0.5, 0.6) is 0 Å². The number of rotatable bonds is 1. The zero-order valence-corrected chi connectivity index (χ0v) is 6.48. The van der Waals surface area contributed by atoms with Crippen molar-refractivity contribution in [2.45, 2.75) is 0 Å². The van der Waals surface area contributed by atoms with Crippen molar-refractivity contribution in [3.8, 4) is 18.2 Å². The van der Waals surface area contributed by atoms with Crippen LogP contribution in [0.2, 0.25) is 0 Å². The van der Waals surface area contributed by atoms with E-state index in [1.54, 1.807) is 18.2 Å². The van der Waals surface area contributed by atoms with Gasteiger partial charge in [-0.15, -0.1) is 0 Å². The molecule has 0 N–H and O–H groups in total. The van der Waals surface area contributed by atoms with E-state index in [9.17, 15) is 0 Å². The van der Waals surface area contributed by atoms with Crippen molar-refractivity contribution in [3.05, 3.63) is 29.2 Å². The molecule has 0 amide bonds. The molecule has 0 bridgehead atoms. The summed E-state index contributed by atoms with van der Waals surface area (Å²) in [7, 11) is 0. The van der Waals surface area contributed by atoms with Crippen LogP contribution in [0.1, 0.15) is 11.5 Å². The third-order valence-corrected chi connectivity index (χ3v) is 1.26. The topological polar surface area (TPSA) is 84.5 Å². The van der Waals surface area contributed by atoms with E-state index in [0.29, 0.717) is 5.76 Å². The van der Waals surface area contributed by atoms with Gasteiger partial charge in [-0.2, -0.15) is 15.8 Å². The minimum Gasteiger partial charge on any atom is -0.446 e. The van der Waals surface area contributed by atoms with Crippen LogP contribution in [0.3, 0.4) is 0 Å². The largest absolute Gasteiger partial charge is 0.446 e. The van der Waals surface area contributed by atoms with Crippen molar-refractivity contribution >= 4 is 6.08 Å². The average molecular weight is 169 g/mol. The summed E-state index contributed by atoms with van der Waals surface area (Å²) in [5.74, 6) is 0.483. The zero-order valence-electron chi connectivity index (χ0n) is 6.48. The Hall–Kier alpha value is -2.51. The molecule has 1 aromatic rings. The van der Waals surface area contributed by atoms with Gasteiger partial charge in [0.25, 0.3) is 0 Å². The molecule has 0 fully saturated rings. The van der Waals surface area contributed by atoms with Crippen LogP contribution in [0, 0.1) is 34.0 Å². The van der Waals surface area contributed by atoms with Gasteiger partial charge in [0, 0.05) is 6.08 Å². The number of hydrogen-bond acceptors (Lipinski definition) is 4. The van der Waals surface area contributed by atoms with E-state index in [2.05, 4.69) is 0 Å². The second kappa shape index (κ2) is 3.76. The monoisotopic (exact) mass is 169 g/mol. The molecule has 1 aromatic heterocycles. The van der Waals surface area contributed by atoms with Gasteiger partial charge in [0.05, 0.1) is 0 Å². The number of nitriles is 3. The van der Waals surface area contributed by atoms with Crippen LogP contribution >= 0.6 is 0 Å². The molecule has 1 heterocycles. The maximum absolute atomic E-state index is 8.40. The lowest BCUT2D eigenvalue weighted by molar-refractivity contribution is 0.543. The molecule has 0 spiro atoms. The van der Waals surface area contributed by atoms with E-state index in [0.717, 1.165) is 0 Å². The smallest absolute Gasteiger partial charge is 0.204 e. The van der Waals surface area contributed by atoms with E-state index in [1.165, 1.54) is 18.2 Å². The SMILES string of the molecule is N#CC(C#N)=Cc1ccc(C#N)o1. The Labute approximate surface area is 74.5 Å². The first-order valence-electron chi connectivity index (χ1n) is 3.32. The molecule has 4 heteroatoms. The summed E-state index contributed by atoms with van der Waals surface area (Å²) in [6.45, 7) is 0. The van der Waals surface area contributed by atoms with Gasteiger partial charge < -0.3 is 4.42 Å². The lowest BCUT2D eigenvalue weighted by Crippen LogP contribution is -1.70. The highest BCUT2D eigenvalue weighted by Gasteiger charge is 1.99. The molecule has 0 saturated heterocycles. The van der Waals surface area contributed by atoms with Crippen molar-refractivity contribution in [3.63, 3.8) is 0 Å². The molecule has 4 nitrogen and oxygen atoms in total. The number of hydrogen-bond donors (Lipinski definition) is 0. The summed E-state index contributed by atoms with van der Waals surface area (Å²) >= 11 is 0. The van der Waals surface area contributed by atoms with Crippen LogP contribution in [0.4, 0.5) is 0 Å². The minimum absolute atomic E-state index is 0.0566. The third kappa shape index (κ3) is 1.96. The summed E-state index contributed by atoms with van der Waals surface area (Å²) in [5, 5.41) is 25.2. The third-order valence-electron chi connectivity index (χ3n) is 1.26. The Kier molecular flexibility index (Phi) is 2.48. The molecule has 0 atom stereocenters. The van der Waals surface area contributed by atoms with Crippen LogP contribution in [-0.4, -0.2) is 0 Å². The Balaban J connectivity index is 3.01. The molecule has 0 radical (unpaired) electrons. The first kappa shape index (κ1) is 8.59. The Morgan fingerprint density at radius 1 is 1.23 bits per heavy atom. The Morgan fingerprint density at radius 3 is 2.38 bits per heavy atom. The maximum Gasteiger partial charge on any atom is 0.204 e. The van der Waals surface area contributed by atoms with Gasteiger partial charge in [0.2, 0.25) is 5.76 Å². The summed E-state index contributed by atoms with van der Waals surface area (Å²) in [6, 6.07) is 8.16. The molecule has 1 rings (SSSR count). The molecule has 0 aliphatic carbocycles. The van der Waals surface area contributed by atoms with E-state index in [-0.39, 0.29) is 11.3 Å². The van der Waals surface area contributed by atoms with Gasteiger partial charge in [-0.25, -0.2) is 0 Å². The van der Waals surface area contributed by atoms with Crippen molar-refractivity contribution in [2.24, 2.45) is 0 Å². The molecule has 0 unspecified atom stereocenters. The second-order valence-electron chi connectivity index (χ2n) is 2.10. The molecule has 0 saturated carbocycles. The standard InChI is InChI=1S/C9H3N3O/c10-4-7(5-11)3-8-1-2-9(6-12)13-8/h1-3H. The summed E-state index contributed by atoms with van der Waals surface area (Å²) in [5.41, 5.74) is -0.0566. The first-order chi connectivity index (χ1) is 6.30. The van der Waals surface area contributed by atoms with E-state index < -0.39 is 0 Å². The molecule has 13 heavy (non-hydrogen) atoms. The fourth-order valence-electron chi connectivity index (χ4n) is 0.722. The number of furan rings is 1. The summed E-state index contributed by atoms with van der Waals surface area (Å²) in [6.07, 6.45) is 1.28. The number of nitrogens with zero attached hydrogens (tertiary/aromatic N) is 3. The molecule has 0 aliphatic heterocycles. The van der Waals surface area contributed by atoms with Gasteiger partial charge in [-0.1, -0.05) is 0 Å². The van der Waals surface area contributed by atoms with Crippen LogP contribution < -0.4 is 0 Å². The van der Waals surface area contributed by atoms with Crippen LogP contribution in [0.15, 0.2) is 22.1 Å². The quantitative estimate of drug-likeness (QED) is 0.597. The normalized spacial score (nSPS) is 7.77. The molecule has 0 aromatic carbocycles. The molecule has 60 valence electrons. The molecule has 0 aliphatic rings. The van der Waals surface area contributed by atoms with Crippen molar-refractivity contribution < 1.29 is 4.42 Å². The van der Waals surface area contributed by atoms with E-state index >= 15 is 0 Å².